The van der Waals surface area contributed by atoms with Gasteiger partial charge in [-0.2, -0.15) is 15.5 Å². The maximum absolute atomic E-state index is 11.8. The molecule has 3 rings (SSSR count). The average molecular weight is 394 g/mol. The Labute approximate surface area is 167 Å². The van der Waals surface area contributed by atoms with Crippen LogP contribution in [0.1, 0.15) is 18.2 Å². The predicted octanol–water partition coefficient (Wildman–Crippen LogP) is 4.07. The highest BCUT2D eigenvalue weighted by atomic mass is 32.1. The molecule has 9 heteroatoms. The first-order chi connectivity index (χ1) is 13.5. The monoisotopic (exact) mass is 394 g/mol. The summed E-state index contributed by atoms with van der Waals surface area (Å²) in [6, 6.07) is 8.10. The summed E-state index contributed by atoms with van der Waals surface area (Å²) in [6.45, 7) is 5.68. The molecule has 0 saturated carbocycles. The van der Waals surface area contributed by atoms with Crippen LogP contribution in [0.5, 0.6) is 0 Å². The van der Waals surface area contributed by atoms with Gasteiger partial charge < -0.3 is 4.74 Å². The lowest BCUT2D eigenvalue weighted by Crippen LogP contribution is -2.19. The number of nitrogens with zero attached hydrogens (tertiary/aromatic N) is 5. The van der Waals surface area contributed by atoms with Gasteiger partial charge in [-0.05, 0) is 38.0 Å². The van der Waals surface area contributed by atoms with E-state index in [1.807, 2.05) is 38.1 Å². The van der Waals surface area contributed by atoms with Crippen LogP contribution in [0.4, 0.5) is 5.82 Å². The van der Waals surface area contributed by atoms with E-state index < -0.39 is 12.0 Å². The lowest BCUT2D eigenvalue weighted by Gasteiger charge is -2.12. The standard InChI is InChI=1S/C19H18N6O2S/c1-4-27-19(26)13(9-20)22-24-18-16-15(12-7-5-6-8-14(12)28)10(2)11(3)21-17(16)23-25-18/h5-8,13,28H,4H2,1-3H3,(H,21,23,25). The molecule has 2 heterocycles. The summed E-state index contributed by atoms with van der Waals surface area (Å²) in [6.07, 6.45) is 0. The van der Waals surface area contributed by atoms with Crippen molar-refractivity contribution in [2.24, 2.45) is 10.2 Å². The third-order valence-electron chi connectivity index (χ3n) is 4.25. The summed E-state index contributed by atoms with van der Waals surface area (Å²) >= 11 is 4.57. The van der Waals surface area contributed by atoms with Gasteiger partial charge in [0.2, 0.25) is 0 Å². The number of nitrogens with one attached hydrogen (secondary N) is 1. The number of pyridine rings is 1. The second-order valence-corrected chi connectivity index (χ2v) is 6.47. The summed E-state index contributed by atoms with van der Waals surface area (Å²) in [7, 11) is 0. The lowest BCUT2D eigenvalue weighted by molar-refractivity contribution is -0.143. The molecule has 0 radical (unpaired) electrons. The molecule has 28 heavy (non-hydrogen) atoms. The van der Waals surface area contributed by atoms with Crippen molar-refractivity contribution in [2.45, 2.75) is 31.7 Å². The van der Waals surface area contributed by atoms with Gasteiger partial charge >= 0.3 is 5.97 Å². The van der Waals surface area contributed by atoms with Crippen molar-refractivity contribution in [3.63, 3.8) is 0 Å². The molecule has 3 aromatic rings. The Morgan fingerprint density at radius 1 is 1.39 bits per heavy atom. The van der Waals surface area contributed by atoms with Crippen LogP contribution in [0, 0.1) is 25.2 Å². The van der Waals surface area contributed by atoms with Gasteiger partial charge in [-0.15, -0.1) is 17.7 Å². The van der Waals surface area contributed by atoms with Gasteiger partial charge in [-0.1, -0.05) is 18.2 Å². The first kappa shape index (κ1) is 19.5. The number of aromatic amines is 1. The van der Waals surface area contributed by atoms with Gasteiger partial charge in [0, 0.05) is 16.2 Å². The molecular weight excluding hydrogens is 376 g/mol. The number of H-pyrrole nitrogens is 1. The van der Waals surface area contributed by atoms with Crippen molar-refractivity contribution < 1.29 is 9.53 Å². The highest BCUT2D eigenvalue weighted by Gasteiger charge is 2.21. The van der Waals surface area contributed by atoms with E-state index in [-0.39, 0.29) is 6.61 Å². The third-order valence-corrected chi connectivity index (χ3v) is 4.64. The van der Waals surface area contributed by atoms with Crippen LogP contribution >= 0.6 is 12.6 Å². The Morgan fingerprint density at radius 2 is 2.14 bits per heavy atom. The fourth-order valence-corrected chi connectivity index (χ4v) is 3.07. The van der Waals surface area contributed by atoms with Crippen molar-refractivity contribution in [2.75, 3.05) is 6.61 Å². The number of azo groups is 1. The summed E-state index contributed by atoms with van der Waals surface area (Å²) in [4.78, 5) is 17.1. The van der Waals surface area contributed by atoms with Gasteiger partial charge in [-0.25, -0.2) is 9.78 Å². The number of ether oxygens (including phenoxy) is 1. The number of carbonyl (C=O) groups is 1. The van der Waals surface area contributed by atoms with Crippen molar-refractivity contribution in [1.82, 2.24) is 15.2 Å². The van der Waals surface area contributed by atoms with E-state index >= 15 is 0 Å². The maximum Gasteiger partial charge on any atom is 0.347 e. The largest absolute Gasteiger partial charge is 0.464 e. The number of hydrogen-bond donors (Lipinski definition) is 2. The van der Waals surface area contributed by atoms with Crippen LogP contribution in [0.15, 0.2) is 39.4 Å². The number of fused-ring (bicyclic) bond motifs is 1. The molecule has 0 bridgehead atoms. The van der Waals surface area contributed by atoms with Crippen molar-refractivity contribution in [3.05, 3.63) is 35.5 Å². The molecule has 1 N–H and O–H groups in total. The molecule has 142 valence electrons. The molecule has 0 saturated heterocycles. The number of thiol groups is 1. The lowest BCUT2D eigenvalue weighted by atomic mass is 9.97. The molecule has 1 unspecified atom stereocenters. The van der Waals surface area contributed by atoms with E-state index in [0.717, 1.165) is 27.3 Å². The van der Waals surface area contributed by atoms with Crippen LogP contribution in [0.2, 0.25) is 0 Å². The normalized spacial score (nSPS) is 12.2. The second kappa shape index (κ2) is 8.19. The molecule has 1 aromatic carbocycles. The number of esters is 1. The maximum atomic E-state index is 11.8. The van der Waals surface area contributed by atoms with Gasteiger partial charge in [0.1, 0.15) is 6.07 Å². The summed E-state index contributed by atoms with van der Waals surface area (Å²) < 4.78 is 4.83. The number of aryl methyl sites for hydroxylation is 1. The Morgan fingerprint density at radius 3 is 2.82 bits per heavy atom. The van der Waals surface area contributed by atoms with Crippen LogP contribution in [-0.2, 0) is 9.53 Å². The van der Waals surface area contributed by atoms with Crippen molar-refractivity contribution in [3.8, 4) is 17.2 Å². The van der Waals surface area contributed by atoms with Crippen molar-refractivity contribution >= 4 is 35.4 Å². The van der Waals surface area contributed by atoms with E-state index in [2.05, 4.69) is 38.0 Å². The smallest absolute Gasteiger partial charge is 0.347 e. The van der Waals surface area contributed by atoms with Crippen LogP contribution in [0.25, 0.3) is 22.2 Å². The fourth-order valence-electron chi connectivity index (χ4n) is 2.80. The Hall–Kier alpha value is -3.25. The fraction of sp³-hybridized carbons (Fsp3) is 0.263. The van der Waals surface area contributed by atoms with Crippen LogP contribution in [0.3, 0.4) is 0 Å². The molecule has 0 aliphatic rings. The summed E-state index contributed by atoms with van der Waals surface area (Å²) in [5.41, 5.74) is 4.03. The molecule has 1 atom stereocenters. The zero-order chi connectivity index (χ0) is 20.3. The highest BCUT2D eigenvalue weighted by molar-refractivity contribution is 7.80. The van der Waals surface area contributed by atoms with E-state index in [1.54, 1.807) is 13.0 Å². The van der Waals surface area contributed by atoms with Crippen molar-refractivity contribution in [1.29, 1.82) is 5.26 Å². The minimum atomic E-state index is -1.35. The zero-order valence-corrected chi connectivity index (χ0v) is 16.5. The molecule has 0 spiro atoms. The Bertz CT molecular complexity index is 1120. The summed E-state index contributed by atoms with van der Waals surface area (Å²) in [5, 5.41) is 24.7. The topological polar surface area (TPSA) is 116 Å². The third kappa shape index (κ3) is 3.59. The molecule has 0 aliphatic heterocycles. The summed E-state index contributed by atoms with van der Waals surface area (Å²) in [5.74, 6) is -0.439. The number of benzene rings is 1. The Kier molecular flexibility index (Phi) is 5.70. The number of rotatable bonds is 5. The molecule has 0 fully saturated rings. The van der Waals surface area contributed by atoms with Gasteiger partial charge in [0.15, 0.2) is 11.5 Å². The molecule has 8 nitrogen and oxygen atoms in total. The molecule has 0 amide bonds. The molecule has 2 aromatic heterocycles. The number of carbonyl (C=O) groups excluding carboxylic acids is 1. The minimum absolute atomic E-state index is 0.158. The quantitative estimate of drug-likeness (QED) is 0.384. The average Bonchev–Trinajstić information content (AvgIpc) is 3.07. The molecule has 0 aliphatic carbocycles. The zero-order valence-electron chi connectivity index (χ0n) is 15.6. The first-order valence-electron chi connectivity index (χ1n) is 8.58. The van der Waals surface area contributed by atoms with Crippen LogP contribution < -0.4 is 0 Å². The highest BCUT2D eigenvalue weighted by Crippen LogP contribution is 2.39. The minimum Gasteiger partial charge on any atom is -0.464 e. The van der Waals surface area contributed by atoms with E-state index in [4.69, 9.17) is 10.00 Å². The second-order valence-electron chi connectivity index (χ2n) is 5.98. The van der Waals surface area contributed by atoms with Gasteiger partial charge in [0.25, 0.3) is 6.04 Å². The van der Waals surface area contributed by atoms with E-state index in [0.29, 0.717) is 16.9 Å². The first-order valence-corrected chi connectivity index (χ1v) is 9.03. The number of nitriles is 1. The predicted molar refractivity (Wildman–Crippen MR) is 107 cm³/mol. The van der Waals surface area contributed by atoms with Gasteiger partial charge in [-0.3, -0.25) is 5.10 Å². The number of aromatic nitrogens is 3. The molecular formula is C19H18N6O2S. The van der Waals surface area contributed by atoms with Gasteiger partial charge in [0.05, 0.1) is 12.0 Å². The SMILES string of the molecule is CCOC(=O)C(C#N)N=Nc1[nH]nc2nc(C)c(C)c(-c3ccccc3S)c12. The Balaban J connectivity index is 2.18. The van der Waals surface area contributed by atoms with E-state index in [1.165, 1.54) is 0 Å². The van der Waals surface area contributed by atoms with Crippen LogP contribution in [-0.4, -0.2) is 33.8 Å². The van der Waals surface area contributed by atoms with E-state index in [9.17, 15) is 4.79 Å². The number of hydrogen-bond acceptors (Lipinski definition) is 8.